The van der Waals surface area contributed by atoms with Crippen LogP contribution in [0.3, 0.4) is 0 Å². The number of hydrogen-bond donors (Lipinski definition) is 1. The van der Waals surface area contributed by atoms with Gasteiger partial charge < -0.3 is 10.1 Å². The molecule has 18 heavy (non-hydrogen) atoms. The van der Waals surface area contributed by atoms with Gasteiger partial charge in [0.1, 0.15) is 11.0 Å². The van der Waals surface area contributed by atoms with Crippen molar-refractivity contribution in [1.82, 2.24) is 9.78 Å². The van der Waals surface area contributed by atoms with E-state index in [0.717, 1.165) is 4.68 Å². The molecule has 0 aliphatic heterocycles. The zero-order valence-electron chi connectivity index (χ0n) is 9.77. The summed E-state index contributed by atoms with van der Waals surface area (Å²) >= 11 is 3.16. The molecule has 96 valence electrons. The van der Waals surface area contributed by atoms with E-state index >= 15 is 0 Å². The lowest BCUT2D eigenvalue weighted by atomic mass is 10.4. The third kappa shape index (κ3) is 3.60. The van der Waals surface area contributed by atoms with Crippen molar-refractivity contribution in [2.24, 2.45) is 0 Å². The summed E-state index contributed by atoms with van der Waals surface area (Å²) in [6, 6.07) is 0. The molecule has 0 saturated carbocycles. The van der Waals surface area contributed by atoms with E-state index in [-0.39, 0.29) is 24.5 Å². The highest BCUT2D eigenvalue weighted by atomic mass is 79.9. The van der Waals surface area contributed by atoms with Crippen molar-refractivity contribution < 1.29 is 9.53 Å². The Bertz CT molecular complexity index is 533. The van der Waals surface area contributed by atoms with E-state index in [1.54, 1.807) is 0 Å². The predicted molar refractivity (Wildman–Crippen MR) is 70.2 cm³/mol. The number of terminal acetylenes is 1. The number of ether oxygens (including phenoxy) is 1. The molecule has 1 heterocycles. The Morgan fingerprint density at radius 3 is 3.06 bits per heavy atom. The molecule has 0 saturated heterocycles. The summed E-state index contributed by atoms with van der Waals surface area (Å²) in [6.07, 6.45) is 6.79. The third-order valence-electron chi connectivity index (χ3n) is 2.10. The molecule has 0 aliphatic rings. The van der Waals surface area contributed by atoms with Crippen molar-refractivity contribution in [2.45, 2.75) is 13.0 Å². The lowest BCUT2D eigenvalue weighted by molar-refractivity contribution is -0.140. The number of rotatable bonds is 5. The number of carbonyl (C=O) groups excluding carboxylic acids is 1. The average molecular weight is 314 g/mol. The fraction of sp³-hybridized carbons (Fsp3) is 0.364. The van der Waals surface area contributed by atoms with Crippen molar-refractivity contribution in [3.8, 4) is 12.3 Å². The standard InChI is InChI=1S/C11H12BrN3O3/c1-3-6-15-11(17)10(12)8(7-14-15)13-5-4-9(16)18-2/h1,7,13H,4-6H2,2H3. The smallest absolute Gasteiger partial charge is 0.307 e. The van der Waals surface area contributed by atoms with Crippen LogP contribution in [0, 0.1) is 12.3 Å². The molecule has 1 N–H and O–H groups in total. The predicted octanol–water partition coefficient (Wildman–Crippen LogP) is 0.614. The van der Waals surface area contributed by atoms with E-state index in [9.17, 15) is 9.59 Å². The van der Waals surface area contributed by atoms with Crippen LogP contribution in [0.25, 0.3) is 0 Å². The Hall–Kier alpha value is -1.81. The maximum atomic E-state index is 11.8. The second-order valence-corrected chi connectivity index (χ2v) is 4.09. The van der Waals surface area contributed by atoms with E-state index in [4.69, 9.17) is 6.42 Å². The molecule has 1 rings (SSSR count). The van der Waals surface area contributed by atoms with Gasteiger partial charge in [0, 0.05) is 6.54 Å². The molecule has 0 atom stereocenters. The van der Waals surface area contributed by atoms with Gasteiger partial charge in [-0.1, -0.05) is 5.92 Å². The molecule has 7 heteroatoms. The molecule has 0 unspecified atom stereocenters. The van der Waals surface area contributed by atoms with Crippen molar-refractivity contribution in [3.63, 3.8) is 0 Å². The number of esters is 1. The highest BCUT2D eigenvalue weighted by Gasteiger charge is 2.08. The van der Waals surface area contributed by atoms with Gasteiger partial charge in [0.05, 0.1) is 25.4 Å². The number of anilines is 1. The van der Waals surface area contributed by atoms with Crippen molar-refractivity contribution >= 4 is 27.6 Å². The van der Waals surface area contributed by atoms with E-state index in [1.165, 1.54) is 13.3 Å². The first-order valence-electron chi connectivity index (χ1n) is 5.10. The van der Waals surface area contributed by atoms with Gasteiger partial charge in [-0.3, -0.25) is 9.59 Å². The van der Waals surface area contributed by atoms with E-state index in [2.05, 4.69) is 37.0 Å². The second-order valence-electron chi connectivity index (χ2n) is 3.29. The largest absolute Gasteiger partial charge is 0.469 e. The average Bonchev–Trinajstić information content (AvgIpc) is 2.37. The van der Waals surface area contributed by atoms with Gasteiger partial charge in [-0.2, -0.15) is 5.10 Å². The number of hydrogen-bond acceptors (Lipinski definition) is 5. The van der Waals surface area contributed by atoms with Crippen LogP contribution >= 0.6 is 15.9 Å². The monoisotopic (exact) mass is 313 g/mol. The summed E-state index contributed by atoms with van der Waals surface area (Å²) in [6.45, 7) is 0.464. The van der Waals surface area contributed by atoms with Gasteiger partial charge in [0.25, 0.3) is 5.56 Å². The number of nitrogens with one attached hydrogen (secondary N) is 1. The van der Waals surface area contributed by atoms with Crippen LogP contribution in [-0.2, 0) is 16.1 Å². The fourth-order valence-corrected chi connectivity index (χ4v) is 1.64. The van der Waals surface area contributed by atoms with Crippen LogP contribution < -0.4 is 10.9 Å². The van der Waals surface area contributed by atoms with E-state index < -0.39 is 0 Å². The highest BCUT2D eigenvalue weighted by molar-refractivity contribution is 9.10. The molecule has 1 aromatic heterocycles. The minimum absolute atomic E-state index is 0.111. The molecular formula is C11H12BrN3O3. The van der Waals surface area contributed by atoms with E-state index in [0.29, 0.717) is 16.7 Å². The number of halogens is 1. The summed E-state index contributed by atoms with van der Waals surface area (Å²) in [5.74, 6) is 2.01. The van der Waals surface area contributed by atoms with Gasteiger partial charge in [0.15, 0.2) is 0 Å². The molecule has 0 aliphatic carbocycles. The molecule has 1 aromatic rings. The summed E-state index contributed by atoms with van der Waals surface area (Å²) in [4.78, 5) is 22.7. The SMILES string of the molecule is C#CCn1ncc(NCCC(=O)OC)c(Br)c1=O. The van der Waals surface area contributed by atoms with Crippen LogP contribution in [0.15, 0.2) is 15.5 Å². The Labute approximate surface area is 112 Å². The van der Waals surface area contributed by atoms with Gasteiger partial charge in [-0.05, 0) is 15.9 Å². The Kier molecular flexibility index (Phi) is 5.39. The summed E-state index contributed by atoms with van der Waals surface area (Å²) in [5, 5.41) is 6.81. The van der Waals surface area contributed by atoms with Crippen LogP contribution in [0.4, 0.5) is 5.69 Å². The van der Waals surface area contributed by atoms with Crippen molar-refractivity contribution in [1.29, 1.82) is 0 Å². The molecular weight excluding hydrogens is 302 g/mol. The van der Waals surface area contributed by atoms with Crippen LogP contribution in [-0.4, -0.2) is 29.4 Å². The molecule has 6 nitrogen and oxygen atoms in total. The number of nitrogens with zero attached hydrogens (tertiary/aromatic N) is 2. The minimum atomic E-state index is -0.327. The van der Waals surface area contributed by atoms with Crippen LogP contribution in [0.1, 0.15) is 6.42 Å². The Balaban J connectivity index is 2.74. The van der Waals surface area contributed by atoms with Crippen molar-refractivity contribution in [3.05, 3.63) is 21.0 Å². The second kappa shape index (κ2) is 6.81. The zero-order chi connectivity index (χ0) is 13.5. The molecule has 0 bridgehead atoms. The molecule has 0 aromatic carbocycles. The van der Waals surface area contributed by atoms with E-state index in [1.807, 2.05) is 0 Å². The quantitative estimate of drug-likeness (QED) is 0.637. The lowest BCUT2D eigenvalue weighted by Gasteiger charge is -2.08. The highest BCUT2D eigenvalue weighted by Crippen LogP contribution is 2.15. The number of methoxy groups -OCH3 is 1. The molecule has 0 amide bonds. The number of carbonyl (C=O) groups is 1. The molecule has 0 spiro atoms. The fourth-order valence-electron chi connectivity index (χ4n) is 1.19. The Morgan fingerprint density at radius 2 is 2.44 bits per heavy atom. The summed E-state index contributed by atoms with van der Waals surface area (Å²) < 4.78 is 5.99. The minimum Gasteiger partial charge on any atom is -0.469 e. The third-order valence-corrected chi connectivity index (χ3v) is 2.86. The topological polar surface area (TPSA) is 73.2 Å². The first-order valence-corrected chi connectivity index (χ1v) is 5.89. The lowest BCUT2D eigenvalue weighted by Crippen LogP contribution is -2.24. The maximum absolute atomic E-state index is 11.8. The molecule has 0 fully saturated rings. The van der Waals surface area contributed by atoms with Gasteiger partial charge in [-0.15, -0.1) is 6.42 Å². The van der Waals surface area contributed by atoms with Crippen molar-refractivity contribution in [2.75, 3.05) is 19.0 Å². The molecule has 0 radical (unpaired) electrons. The van der Waals surface area contributed by atoms with Crippen LogP contribution in [0.2, 0.25) is 0 Å². The summed E-state index contributed by atoms with van der Waals surface area (Å²) in [7, 11) is 1.32. The van der Waals surface area contributed by atoms with Crippen LogP contribution in [0.5, 0.6) is 0 Å². The number of aromatic nitrogens is 2. The first-order chi connectivity index (χ1) is 8.60. The van der Waals surface area contributed by atoms with Gasteiger partial charge in [-0.25, -0.2) is 4.68 Å². The Morgan fingerprint density at radius 1 is 1.72 bits per heavy atom. The van der Waals surface area contributed by atoms with Gasteiger partial charge in [0.2, 0.25) is 0 Å². The van der Waals surface area contributed by atoms with Gasteiger partial charge >= 0.3 is 5.97 Å². The summed E-state index contributed by atoms with van der Waals surface area (Å²) in [5.41, 5.74) is 0.188. The first kappa shape index (κ1) is 14.3. The zero-order valence-corrected chi connectivity index (χ0v) is 11.4. The maximum Gasteiger partial charge on any atom is 0.307 e. The normalized spacial score (nSPS) is 9.61.